The number of likely N-dealkylation sites (tertiary alicyclic amines) is 1. The second kappa shape index (κ2) is 5.38. The van der Waals surface area contributed by atoms with Crippen LogP contribution in [-0.2, 0) is 15.0 Å². The molecular formula is C14H15Cl2N3O3. The number of rotatable bonds is 2. The minimum Gasteiger partial charge on any atom is -0.382 e. The Kier molecular flexibility index (Phi) is 3.81. The summed E-state index contributed by atoms with van der Waals surface area (Å²) in [6.07, 6.45) is -0.778. The topological polar surface area (TPSA) is 95.7 Å². The summed E-state index contributed by atoms with van der Waals surface area (Å²) in [5, 5.41) is 13.1. The zero-order valence-corrected chi connectivity index (χ0v) is 13.1. The summed E-state index contributed by atoms with van der Waals surface area (Å²) in [6, 6.07) is 3.29. The van der Waals surface area contributed by atoms with Gasteiger partial charge in [0.25, 0.3) is 5.91 Å². The van der Waals surface area contributed by atoms with Crippen LogP contribution in [0.1, 0.15) is 12.0 Å². The summed E-state index contributed by atoms with van der Waals surface area (Å²) in [5.41, 5.74) is 5.84. The molecule has 3 rings (SSSR count). The number of aliphatic hydroxyl groups is 1. The quantitative estimate of drug-likeness (QED) is 0.737. The molecule has 1 spiro atoms. The third kappa shape index (κ3) is 2.18. The zero-order chi connectivity index (χ0) is 16.1. The number of hydrogen-bond acceptors (Lipinski definition) is 4. The Morgan fingerprint density at radius 2 is 2.14 bits per heavy atom. The van der Waals surface area contributed by atoms with E-state index in [4.69, 9.17) is 28.9 Å². The number of aliphatic hydroxyl groups excluding tert-OH is 1. The van der Waals surface area contributed by atoms with Gasteiger partial charge in [-0.3, -0.25) is 9.59 Å². The molecule has 2 aliphatic rings. The highest BCUT2D eigenvalue weighted by Crippen LogP contribution is 2.46. The van der Waals surface area contributed by atoms with Gasteiger partial charge in [0.1, 0.15) is 6.10 Å². The van der Waals surface area contributed by atoms with Crippen molar-refractivity contribution in [2.45, 2.75) is 17.9 Å². The second-order valence-corrected chi connectivity index (χ2v) is 6.42. The van der Waals surface area contributed by atoms with Crippen LogP contribution in [0, 0.1) is 0 Å². The maximum Gasteiger partial charge on any atom is 0.252 e. The fourth-order valence-corrected chi connectivity index (χ4v) is 3.45. The van der Waals surface area contributed by atoms with Crippen molar-refractivity contribution in [3.63, 3.8) is 0 Å². The van der Waals surface area contributed by atoms with Gasteiger partial charge in [0.2, 0.25) is 5.91 Å². The molecule has 8 heteroatoms. The van der Waals surface area contributed by atoms with E-state index in [-0.39, 0.29) is 19.0 Å². The first-order valence-electron chi connectivity index (χ1n) is 6.87. The molecule has 0 radical (unpaired) electrons. The van der Waals surface area contributed by atoms with Crippen LogP contribution in [-0.4, -0.2) is 47.6 Å². The first kappa shape index (κ1) is 15.6. The van der Waals surface area contributed by atoms with E-state index >= 15 is 0 Å². The third-order valence-corrected chi connectivity index (χ3v) is 5.07. The van der Waals surface area contributed by atoms with Crippen molar-refractivity contribution < 1.29 is 14.7 Å². The Balaban J connectivity index is 1.95. The fraction of sp³-hybridized carbons (Fsp3) is 0.429. The molecule has 6 nitrogen and oxygen atoms in total. The molecule has 118 valence electrons. The Hall–Kier alpha value is -1.34. The summed E-state index contributed by atoms with van der Waals surface area (Å²) in [7, 11) is 0. The number of nitrogens with zero attached hydrogens (tertiary/aromatic N) is 1. The normalized spacial score (nSPS) is 24.5. The summed E-state index contributed by atoms with van der Waals surface area (Å²) in [6.45, 7) is 0.426. The van der Waals surface area contributed by atoms with E-state index in [9.17, 15) is 14.7 Å². The molecule has 2 amide bonds. The number of carbonyl (C=O) groups is 2. The van der Waals surface area contributed by atoms with E-state index in [2.05, 4.69) is 5.32 Å². The molecule has 2 aliphatic heterocycles. The summed E-state index contributed by atoms with van der Waals surface area (Å²) in [5.74, 6) is -0.640. The molecule has 0 saturated carbocycles. The van der Waals surface area contributed by atoms with E-state index < -0.39 is 17.4 Å². The van der Waals surface area contributed by atoms with E-state index in [1.165, 1.54) is 4.90 Å². The Bertz CT molecular complexity index is 667. The van der Waals surface area contributed by atoms with Crippen molar-refractivity contribution in [3.8, 4) is 0 Å². The summed E-state index contributed by atoms with van der Waals surface area (Å²) >= 11 is 12.0. The number of benzene rings is 1. The minimum absolute atomic E-state index is 0.146. The maximum absolute atomic E-state index is 12.5. The van der Waals surface area contributed by atoms with Crippen LogP contribution >= 0.6 is 23.2 Å². The Labute approximate surface area is 137 Å². The van der Waals surface area contributed by atoms with E-state index in [0.717, 1.165) is 5.56 Å². The molecule has 0 bridgehead atoms. The van der Waals surface area contributed by atoms with Gasteiger partial charge in [-0.2, -0.15) is 0 Å². The molecule has 4 N–H and O–H groups in total. The van der Waals surface area contributed by atoms with Gasteiger partial charge in [-0.1, -0.05) is 23.2 Å². The Morgan fingerprint density at radius 3 is 2.82 bits per heavy atom. The van der Waals surface area contributed by atoms with Crippen molar-refractivity contribution >= 4 is 40.7 Å². The summed E-state index contributed by atoms with van der Waals surface area (Å²) < 4.78 is 0. The minimum atomic E-state index is -1.24. The number of nitrogens with two attached hydrogens (primary N) is 1. The van der Waals surface area contributed by atoms with Crippen molar-refractivity contribution in [1.29, 1.82) is 0 Å². The first-order chi connectivity index (χ1) is 10.4. The maximum atomic E-state index is 12.5. The predicted octanol–water partition coefficient (Wildman–Crippen LogP) is 0.735. The third-order valence-electron chi connectivity index (χ3n) is 4.35. The highest BCUT2D eigenvalue weighted by molar-refractivity contribution is 6.42. The number of amides is 2. The molecule has 22 heavy (non-hydrogen) atoms. The van der Waals surface area contributed by atoms with Crippen LogP contribution < -0.4 is 11.1 Å². The molecular weight excluding hydrogens is 329 g/mol. The molecule has 1 fully saturated rings. The molecule has 0 aliphatic carbocycles. The fourth-order valence-electron chi connectivity index (χ4n) is 3.13. The van der Waals surface area contributed by atoms with Crippen molar-refractivity contribution in [2.75, 3.05) is 25.0 Å². The van der Waals surface area contributed by atoms with Crippen LogP contribution in [0.15, 0.2) is 12.1 Å². The van der Waals surface area contributed by atoms with Gasteiger partial charge in [-0.25, -0.2) is 0 Å². The number of carbonyl (C=O) groups excluding carboxylic acids is 2. The van der Waals surface area contributed by atoms with E-state index in [0.29, 0.717) is 28.7 Å². The first-order valence-corrected chi connectivity index (χ1v) is 7.62. The van der Waals surface area contributed by atoms with Crippen molar-refractivity contribution in [3.05, 3.63) is 27.7 Å². The van der Waals surface area contributed by atoms with E-state index in [1.807, 2.05) is 0 Å². The monoisotopic (exact) mass is 343 g/mol. The zero-order valence-electron chi connectivity index (χ0n) is 11.6. The predicted molar refractivity (Wildman–Crippen MR) is 83.0 cm³/mol. The molecule has 1 saturated heterocycles. The molecule has 1 aromatic carbocycles. The highest BCUT2D eigenvalue weighted by Gasteiger charge is 2.52. The van der Waals surface area contributed by atoms with Crippen LogP contribution in [0.3, 0.4) is 0 Å². The van der Waals surface area contributed by atoms with Gasteiger partial charge in [0, 0.05) is 25.3 Å². The lowest BCUT2D eigenvalue weighted by Crippen LogP contribution is -2.44. The Morgan fingerprint density at radius 1 is 1.45 bits per heavy atom. The van der Waals surface area contributed by atoms with Crippen molar-refractivity contribution in [1.82, 2.24) is 4.90 Å². The molecule has 0 unspecified atom stereocenters. The average Bonchev–Trinajstić information content (AvgIpc) is 3.04. The number of fused-ring (bicyclic) bond motifs is 2. The van der Waals surface area contributed by atoms with Gasteiger partial charge < -0.3 is 21.1 Å². The number of halogens is 2. The van der Waals surface area contributed by atoms with E-state index in [1.54, 1.807) is 12.1 Å². The SMILES string of the molecule is NC[C@H](O)C(=O)N1CC[C@]2(C1)C(=O)Nc1cc(Cl)c(Cl)cc12. The average molecular weight is 344 g/mol. The van der Waals surface area contributed by atoms with Gasteiger partial charge in [0.15, 0.2) is 0 Å². The van der Waals surface area contributed by atoms with Gasteiger partial charge in [-0.15, -0.1) is 0 Å². The lowest BCUT2D eigenvalue weighted by Gasteiger charge is -2.24. The van der Waals surface area contributed by atoms with Crippen molar-refractivity contribution in [2.24, 2.45) is 5.73 Å². The molecule has 2 heterocycles. The number of anilines is 1. The van der Waals surface area contributed by atoms with Crippen LogP contribution in [0.4, 0.5) is 5.69 Å². The molecule has 0 aromatic heterocycles. The lowest BCUT2D eigenvalue weighted by atomic mass is 9.81. The van der Waals surface area contributed by atoms with Crippen LogP contribution in [0.2, 0.25) is 10.0 Å². The molecule has 2 atom stereocenters. The standard InChI is InChI=1S/C14H15Cl2N3O3/c15-8-3-7-10(4-9(8)16)18-13(22)14(7)1-2-19(6-14)12(21)11(20)5-17/h3-4,11,20H,1-2,5-6,17H2,(H,18,22)/t11-,14+/m0/s1. The van der Waals surface area contributed by atoms with Gasteiger partial charge in [-0.05, 0) is 24.1 Å². The van der Waals surface area contributed by atoms with Gasteiger partial charge >= 0.3 is 0 Å². The smallest absolute Gasteiger partial charge is 0.252 e. The number of hydrogen-bond donors (Lipinski definition) is 3. The van der Waals surface area contributed by atoms with Crippen LogP contribution in [0.5, 0.6) is 0 Å². The second-order valence-electron chi connectivity index (χ2n) is 5.61. The molecule has 1 aromatic rings. The van der Waals surface area contributed by atoms with Gasteiger partial charge in [0.05, 0.1) is 15.5 Å². The lowest BCUT2D eigenvalue weighted by molar-refractivity contribution is -0.138. The summed E-state index contributed by atoms with van der Waals surface area (Å²) in [4.78, 5) is 26.0. The van der Waals surface area contributed by atoms with Crippen LogP contribution in [0.25, 0.3) is 0 Å². The largest absolute Gasteiger partial charge is 0.382 e. The highest BCUT2D eigenvalue weighted by atomic mass is 35.5. The number of nitrogens with one attached hydrogen (secondary N) is 1.